The molecule has 0 spiro atoms. The molecule has 1 aromatic heterocycles. The Hall–Kier alpha value is -1.62. The highest BCUT2D eigenvalue weighted by Gasteiger charge is 2.20. The highest BCUT2D eigenvalue weighted by molar-refractivity contribution is 9.10. The average Bonchev–Trinajstić information content (AvgIpc) is 2.86. The minimum absolute atomic E-state index is 0.0146. The third-order valence-electron chi connectivity index (χ3n) is 3.39. The van der Waals surface area contributed by atoms with Gasteiger partial charge in [0.25, 0.3) is 5.91 Å². The quantitative estimate of drug-likeness (QED) is 0.923. The second-order valence-electron chi connectivity index (χ2n) is 4.75. The molecule has 0 aliphatic carbocycles. The summed E-state index contributed by atoms with van der Waals surface area (Å²) in [7, 11) is 0. The van der Waals surface area contributed by atoms with Crippen LogP contribution >= 0.6 is 15.9 Å². The summed E-state index contributed by atoms with van der Waals surface area (Å²) in [5.74, 6) is -0.0146. The molecule has 1 unspecified atom stereocenters. The number of hydrogen-bond acceptors (Lipinski definition) is 2. The molecule has 1 aromatic carbocycles. The van der Waals surface area contributed by atoms with Crippen LogP contribution < -0.4 is 5.32 Å². The molecule has 0 saturated heterocycles. The van der Waals surface area contributed by atoms with Crippen LogP contribution in [0.1, 0.15) is 22.5 Å². The lowest BCUT2D eigenvalue weighted by Crippen LogP contribution is -2.39. The van der Waals surface area contributed by atoms with Gasteiger partial charge in [-0.3, -0.25) is 4.79 Å². The first-order chi connectivity index (χ1) is 9.22. The molecule has 1 atom stereocenters. The highest BCUT2D eigenvalue weighted by Crippen LogP contribution is 2.16. The second kappa shape index (κ2) is 5.17. The fourth-order valence-electron chi connectivity index (χ4n) is 2.39. The summed E-state index contributed by atoms with van der Waals surface area (Å²) in [6.07, 6.45) is 5.52. The molecule has 98 valence electrons. The van der Waals surface area contributed by atoms with Crippen LogP contribution in [0, 0.1) is 0 Å². The lowest BCUT2D eigenvalue weighted by molar-refractivity contribution is 0.0931. The number of nitrogens with one attached hydrogen (secondary N) is 1. The largest absolute Gasteiger partial charge is 0.349 e. The van der Waals surface area contributed by atoms with E-state index in [1.165, 1.54) is 5.69 Å². The first-order valence-corrected chi connectivity index (χ1v) is 7.07. The summed E-state index contributed by atoms with van der Waals surface area (Å²) in [6.45, 7) is 0.915. The number of halogens is 1. The van der Waals surface area contributed by atoms with Gasteiger partial charge >= 0.3 is 0 Å². The summed E-state index contributed by atoms with van der Waals surface area (Å²) >= 11 is 3.38. The highest BCUT2D eigenvalue weighted by atomic mass is 79.9. The molecule has 2 heterocycles. The predicted molar refractivity (Wildman–Crippen MR) is 75.9 cm³/mol. The van der Waals surface area contributed by atoms with E-state index in [-0.39, 0.29) is 11.9 Å². The van der Waals surface area contributed by atoms with Crippen molar-refractivity contribution in [3.8, 4) is 0 Å². The molecule has 0 saturated carbocycles. The van der Waals surface area contributed by atoms with E-state index < -0.39 is 0 Å². The Kier molecular flexibility index (Phi) is 3.38. The molecule has 5 heteroatoms. The van der Waals surface area contributed by atoms with E-state index in [1.807, 2.05) is 36.8 Å². The van der Waals surface area contributed by atoms with E-state index in [1.54, 1.807) is 0 Å². The number of aromatic nitrogens is 2. The molecule has 1 N–H and O–H groups in total. The Morgan fingerprint density at radius 3 is 3.21 bits per heavy atom. The molecule has 3 rings (SSSR count). The van der Waals surface area contributed by atoms with Crippen molar-refractivity contribution >= 4 is 21.8 Å². The Labute approximate surface area is 120 Å². The predicted octanol–water partition coefficient (Wildman–Crippen LogP) is 2.39. The van der Waals surface area contributed by atoms with Gasteiger partial charge in [-0.2, -0.15) is 0 Å². The third-order valence-corrected chi connectivity index (χ3v) is 3.89. The fraction of sp³-hybridized carbons (Fsp3) is 0.286. The van der Waals surface area contributed by atoms with Crippen molar-refractivity contribution in [1.29, 1.82) is 0 Å². The molecule has 19 heavy (non-hydrogen) atoms. The number of hydrogen-bond donors (Lipinski definition) is 1. The van der Waals surface area contributed by atoms with Gasteiger partial charge in [-0.1, -0.05) is 22.0 Å². The van der Waals surface area contributed by atoms with E-state index in [4.69, 9.17) is 0 Å². The number of fused-ring (bicyclic) bond motifs is 1. The number of carbonyl (C=O) groups is 1. The van der Waals surface area contributed by atoms with E-state index >= 15 is 0 Å². The molecule has 0 fully saturated rings. The van der Waals surface area contributed by atoms with Crippen LogP contribution in [0.2, 0.25) is 0 Å². The van der Waals surface area contributed by atoms with Gasteiger partial charge < -0.3 is 9.88 Å². The Bertz CT molecular complexity index is 608. The van der Waals surface area contributed by atoms with Crippen LogP contribution in [0.5, 0.6) is 0 Å². The lowest BCUT2D eigenvalue weighted by atomic mass is 10.0. The maximum absolute atomic E-state index is 12.2. The number of benzene rings is 1. The van der Waals surface area contributed by atoms with Crippen LogP contribution in [0.3, 0.4) is 0 Å². The normalized spacial score (nSPS) is 17.8. The molecule has 2 aromatic rings. The molecule has 1 aliphatic rings. The summed E-state index contributed by atoms with van der Waals surface area (Å²) in [5, 5.41) is 3.09. The van der Waals surface area contributed by atoms with Crippen molar-refractivity contribution in [2.45, 2.75) is 25.4 Å². The van der Waals surface area contributed by atoms with E-state index in [9.17, 15) is 4.79 Å². The Balaban J connectivity index is 1.68. The van der Waals surface area contributed by atoms with Crippen molar-refractivity contribution in [2.24, 2.45) is 0 Å². The number of rotatable bonds is 2. The molecule has 1 aliphatic heterocycles. The molecule has 1 amide bonds. The van der Waals surface area contributed by atoms with Gasteiger partial charge in [0, 0.05) is 40.9 Å². The second-order valence-corrected chi connectivity index (χ2v) is 5.67. The van der Waals surface area contributed by atoms with Gasteiger partial charge in [0.15, 0.2) is 0 Å². The number of aryl methyl sites for hydroxylation is 1. The number of nitrogens with zero attached hydrogens (tertiary/aromatic N) is 2. The summed E-state index contributed by atoms with van der Waals surface area (Å²) in [6, 6.07) is 7.64. The zero-order valence-electron chi connectivity index (χ0n) is 10.3. The first-order valence-electron chi connectivity index (χ1n) is 6.28. The van der Waals surface area contributed by atoms with Gasteiger partial charge in [0.05, 0.1) is 6.33 Å². The molecule has 0 radical (unpaired) electrons. The topological polar surface area (TPSA) is 46.9 Å². The fourth-order valence-corrected chi connectivity index (χ4v) is 2.79. The standard InChI is InChI=1S/C14H14BrN3O/c15-11-3-1-2-10(6-11)14(19)17-12-4-5-18-9-16-8-13(18)7-12/h1-3,6,8-9,12H,4-5,7H2,(H,17,19). The van der Waals surface area contributed by atoms with Crippen molar-refractivity contribution < 1.29 is 4.79 Å². The SMILES string of the molecule is O=C(NC1CCn2cncc2C1)c1cccc(Br)c1. The van der Waals surface area contributed by atoms with Gasteiger partial charge in [0.2, 0.25) is 0 Å². The molecule has 0 bridgehead atoms. The van der Waals surface area contributed by atoms with Crippen molar-refractivity contribution in [3.63, 3.8) is 0 Å². The lowest BCUT2D eigenvalue weighted by Gasteiger charge is -2.24. The van der Waals surface area contributed by atoms with E-state index in [0.29, 0.717) is 5.56 Å². The third kappa shape index (κ3) is 2.71. The van der Waals surface area contributed by atoms with Gasteiger partial charge in [0.1, 0.15) is 0 Å². The van der Waals surface area contributed by atoms with Crippen LogP contribution in [-0.2, 0) is 13.0 Å². The van der Waals surface area contributed by atoms with Crippen LogP contribution in [0.15, 0.2) is 41.3 Å². The van der Waals surface area contributed by atoms with Crippen LogP contribution in [-0.4, -0.2) is 21.5 Å². The average molecular weight is 320 g/mol. The maximum Gasteiger partial charge on any atom is 0.251 e. The van der Waals surface area contributed by atoms with Gasteiger partial charge in [-0.15, -0.1) is 0 Å². The smallest absolute Gasteiger partial charge is 0.251 e. The van der Waals surface area contributed by atoms with Crippen molar-refractivity contribution in [1.82, 2.24) is 14.9 Å². The summed E-state index contributed by atoms with van der Waals surface area (Å²) in [5.41, 5.74) is 1.87. The summed E-state index contributed by atoms with van der Waals surface area (Å²) < 4.78 is 3.06. The van der Waals surface area contributed by atoms with Gasteiger partial charge in [-0.05, 0) is 24.6 Å². The van der Waals surface area contributed by atoms with Gasteiger partial charge in [-0.25, -0.2) is 4.98 Å². The minimum atomic E-state index is -0.0146. The minimum Gasteiger partial charge on any atom is -0.349 e. The molecule has 4 nitrogen and oxygen atoms in total. The van der Waals surface area contributed by atoms with E-state index in [2.05, 4.69) is 30.8 Å². The Morgan fingerprint density at radius 2 is 2.37 bits per heavy atom. The summed E-state index contributed by atoms with van der Waals surface area (Å²) in [4.78, 5) is 16.3. The van der Waals surface area contributed by atoms with Crippen molar-refractivity contribution in [3.05, 3.63) is 52.5 Å². The molecular weight excluding hydrogens is 306 g/mol. The zero-order chi connectivity index (χ0) is 13.2. The first kappa shape index (κ1) is 12.4. The number of imidazole rings is 1. The maximum atomic E-state index is 12.2. The van der Waals surface area contributed by atoms with Crippen LogP contribution in [0.25, 0.3) is 0 Å². The monoisotopic (exact) mass is 319 g/mol. The Morgan fingerprint density at radius 1 is 1.47 bits per heavy atom. The number of amides is 1. The zero-order valence-corrected chi connectivity index (χ0v) is 11.9. The number of carbonyl (C=O) groups excluding carboxylic acids is 1. The van der Waals surface area contributed by atoms with Crippen LogP contribution in [0.4, 0.5) is 0 Å². The van der Waals surface area contributed by atoms with E-state index in [0.717, 1.165) is 23.9 Å². The molecular formula is C14H14BrN3O. The van der Waals surface area contributed by atoms with Crippen molar-refractivity contribution in [2.75, 3.05) is 0 Å².